The Morgan fingerprint density at radius 2 is 1.94 bits per heavy atom. The van der Waals surface area contributed by atoms with E-state index >= 15 is 0 Å². The van der Waals surface area contributed by atoms with Gasteiger partial charge < -0.3 is 19.2 Å². The molecule has 1 heterocycles. The molecule has 0 bridgehead atoms. The summed E-state index contributed by atoms with van der Waals surface area (Å²) in [7, 11) is 2.88. The van der Waals surface area contributed by atoms with Gasteiger partial charge in [0.05, 0.1) is 24.8 Å². The molecule has 0 saturated carbocycles. The summed E-state index contributed by atoms with van der Waals surface area (Å²) in [5.41, 5.74) is -1.30. The van der Waals surface area contributed by atoms with Gasteiger partial charge in [0, 0.05) is 18.2 Å². The van der Waals surface area contributed by atoms with Gasteiger partial charge in [-0.2, -0.15) is 17.9 Å². The number of carbonyl (C=O) groups is 1. The van der Waals surface area contributed by atoms with Gasteiger partial charge in [0.25, 0.3) is 0 Å². The lowest BCUT2D eigenvalue weighted by Crippen LogP contribution is -2.31. The second-order valence-electron chi connectivity index (χ2n) is 6.95. The van der Waals surface area contributed by atoms with Gasteiger partial charge in [-0.25, -0.2) is 9.18 Å². The predicted molar refractivity (Wildman–Crippen MR) is 117 cm³/mol. The minimum absolute atomic E-state index is 0.141. The second kappa shape index (κ2) is 10.6. The minimum Gasteiger partial charge on any atom is -0.493 e. The standard InChI is InChI=1S/C22H18ClF4N3O5/c1-33-15-8-6-12(18(23)20(15)34-2)7-9-17-29-30(21(32)35-17)11-16(31)28-10-13-4-3-5-14(19(13)24)22(25,26)27/h3-9H,10-11H2,1-2H3,(H,28,31). The topological polar surface area (TPSA) is 95.6 Å². The van der Waals surface area contributed by atoms with Gasteiger partial charge in [-0.05, 0) is 29.8 Å². The van der Waals surface area contributed by atoms with Crippen LogP contribution < -0.4 is 20.5 Å². The number of amides is 1. The molecule has 8 nitrogen and oxygen atoms in total. The third-order valence-corrected chi connectivity index (χ3v) is 5.09. The van der Waals surface area contributed by atoms with Crippen molar-refractivity contribution in [1.82, 2.24) is 15.1 Å². The summed E-state index contributed by atoms with van der Waals surface area (Å²) in [5, 5.41) is 6.34. The molecule has 0 atom stereocenters. The van der Waals surface area contributed by atoms with Crippen LogP contribution >= 0.6 is 11.6 Å². The normalized spacial score (nSPS) is 11.6. The van der Waals surface area contributed by atoms with E-state index in [1.165, 1.54) is 26.4 Å². The molecule has 1 amide bonds. The zero-order chi connectivity index (χ0) is 25.8. The molecular weight excluding hydrogens is 498 g/mol. The Kier molecular flexibility index (Phi) is 7.85. The van der Waals surface area contributed by atoms with Crippen molar-refractivity contribution in [2.45, 2.75) is 19.3 Å². The number of benzene rings is 2. The molecule has 186 valence electrons. The average Bonchev–Trinajstić information content (AvgIpc) is 3.15. The van der Waals surface area contributed by atoms with Crippen LogP contribution in [0, 0.1) is 5.82 Å². The molecule has 13 heteroatoms. The molecule has 0 unspecified atom stereocenters. The largest absolute Gasteiger partial charge is 0.493 e. The predicted octanol–water partition coefficient (Wildman–Crippen LogP) is 4.15. The summed E-state index contributed by atoms with van der Waals surface area (Å²) >= 11 is 6.28. The Morgan fingerprint density at radius 3 is 2.60 bits per heavy atom. The number of hydrogen-bond donors (Lipinski definition) is 1. The van der Waals surface area contributed by atoms with E-state index in [1.54, 1.807) is 12.1 Å². The minimum atomic E-state index is -4.87. The quantitative estimate of drug-likeness (QED) is 0.453. The molecule has 0 aliphatic carbocycles. The van der Waals surface area contributed by atoms with Crippen LogP contribution in [0.5, 0.6) is 11.5 Å². The first-order chi connectivity index (χ1) is 16.5. The van der Waals surface area contributed by atoms with Crippen LogP contribution in [-0.4, -0.2) is 29.9 Å². The maximum atomic E-state index is 14.1. The molecule has 1 aromatic heterocycles. The monoisotopic (exact) mass is 515 g/mol. The molecule has 3 aromatic rings. The lowest BCUT2D eigenvalue weighted by atomic mass is 10.1. The number of alkyl halides is 3. The maximum Gasteiger partial charge on any atom is 0.437 e. The third-order valence-electron chi connectivity index (χ3n) is 4.70. The van der Waals surface area contributed by atoms with Crippen LogP contribution in [0.1, 0.15) is 22.6 Å². The van der Waals surface area contributed by atoms with E-state index in [2.05, 4.69) is 10.4 Å². The van der Waals surface area contributed by atoms with Crippen LogP contribution in [0.2, 0.25) is 5.02 Å². The molecule has 0 fully saturated rings. The maximum absolute atomic E-state index is 14.1. The summed E-state index contributed by atoms with van der Waals surface area (Å²) in [5.74, 6) is -2.66. The van der Waals surface area contributed by atoms with Crippen molar-refractivity contribution in [3.63, 3.8) is 0 Å². The molecule has 0 saturated heterocycles. The van der Waals surface area contributed by atoms with Gasteiger partial charge in [0.15, 0.2) is 11.5 Å². The van der Waals surface area contributed by atoms with Crippen molar-refractivity contribution in [3.05, 3.63) is 74.3 Å². The van der Waals surface area contributed by atoms with Gasteiger partial charge in [-0.3, -0.25) is 4.79 Å². The van der Waals surface area contributed by atoms with E-state index in [9.17, 15) is 27.2 Å². The fraction of sp³-hybridized carbons (Fsp3) is 0.227. The van der Waals surface area contributed by atoms with Crippen molar-refractivity contribution < 1.29 is 36.2 Å². The molecular formula is C22H18ClF4N3O5. The average molecular weight is 516 g/mol. The molecule has 0 spiro atoms. The zero-order valence-corrected chi connectivity index (χ0v) is 19.0. The molecule has 35 heavy (non-hydrogen) atoms. The number of carbonyl (C=O) groups excluding carboxylic acids is 1. The Labute approximate surface area is 200 Å². The van der Waals surface area contributed by atoms with Crippen molar-refractivity contribution in [2.75, 3.05) is 14.2 Å². The molecule has 0 aliphatic heterocycles. The van der Waals surface area contributed by atoms with Gasteiger partial charge in [-0.15, -0.1) is 5.10 Å². The number of methoxy groups -OCH3 is 2. The van der Waals surface area contributed by atoms with Crippen LogP contribution in [0.25, 0.3) is 12.2 Å². The first-order valence-corrected chi connectivity index (χ1v) is 10.2. The summed E-state index contributed by atoms with van der Waals surface area (Å²) in [6, 6.07) is 5.99. The summed E-state index contributed by atoms with van der Waals surface area (Å²) < 4.78 is 68.5. The van der Waals surface area contributed by atoms with E-state index < -0.39 is 42.3 Å². The van der Waals surface area contributed by atoms with E-state index in [0.717, 1.165) is 12.1 Å². The molecule has 0 aliphatic rings. The van der Waals surface area contributed by atoms with Crippen LogP contribution in [-0.2, 0) is 24.1 Å². The Bertz CT molecular complexity index is 1320. The third kappa shape index (κ3) is 6.01. The van der Waals surface area contributed by atoms with Crippen LogP contribution in [0.15, 0.2) is 39.5 Å². The molecule has 0 radical (unpaired) electrons. The highest BCUT2D eigenvalue weighted by Crippen LogP contribution is 2.38. The summed E-state index contributed by atoms with van der Waals surface area (Å²) in [6.07, 6.45) is -2.04. The van der Waals surface area contributed by atoms with Gasteiger partial charge >= 0.3 is 11.9 Å². The first kappa shape index (κ1) is 25.8. The number of nitrogens with zero attached hydrogens (tertiary/aromatic N) is 2. The van der Waals surface area contributed by atoms with E-state index in [1.807, 2.05) is 0 Å². The molecule has 2 aromatic carbocycles. The highest BCUT2D eigenvalue weighted by atomic mass is 35.5. The van der Waals surface area contributed by atoms with Gasteiger partial charge in [0.1, 0.15) is 12.4 Å². The van der Waals surface area contributed by atoms with Crippen molar-refractivity contribution in [2.24, 2.45) is 0 Å². The lowest BCUT2D eigenvalue weighted by Gasteiger charge is -2.11. The summed E-state index contributed by atoms with van der Waals surface area (Å²) in [6.45, 7) is -1.13. The van der Waals surface area contributed by atoms with Crippen LogP contribution in [0.4, 0.5) is 17.6 Å². The van der Waals surface area contributed by atoms with Gasteiger partial charge in [-0.1, -0.05) is 23.7 Å². The van der Waals surface area contributed by atoms with E-state index in [4.69, 9.17) is 25.5 Å². The SMILES string of the molecule is COc1ccc(C=Cc2nn(CC(=O)NCc3cccc(C(F)(F)F)c3F)c(=O)o2)c(Cl)c1OC. The zero-order valence-electron chi connectivity index (χ0n) is 18.3. The van der Waals surface area contributed by atoms with E-state index in [-0.39, 0.29) is 16.5 Å². The Hall–Kier alpha value is -3.80. The van der Waals surface area contributed by atoms with E-state index in [0.29, 0.717) is 27.8 Å². The smallest absolute Gasteiger partial charge is 0.437 e. The number of nitrogens with one attached hydrogen (secondary N) is 1. The fourth-order valence-corrected chi connectivity index (χ4v) is 3.30. The van der Waals surface area contributed by atoms with Crippen molar-refractivity contribution in [3.8, 4) is 11.5 Å². The lowest BCUT2D eigenvalue weighted by molar-refractivity contribution is -0.140. The molecule has 1 N–H and O–H groups in total. The Balaban J connectivity index is 1.68. The highest BCUT2D eigenvalue weighted by molar-refractivity contribution is 6.34. The molecule has 3 rings (SSSR count). The number of aromatic nitrogens is 2. The number of rotatable bonds is 8. The highest BCUT2D eigenvalue weighted by Gasteiger charge is 2.34. The van der Waals surface area contributed by atoms with Crippen molar-refractivity contribution in [1.29, 1.82) is 0 Å². The van der Waals surface area contributed by atoms with Crippen LogP contribution in [0.3, 0.4) is 0 Å². The number of halogens is 5. The van der Waals surface area contributed by atoms with Crippen molar-refractivity contribution >= 4 is 29.7 Å². The number of hydrogen-bond acceptors (Lipinski definition) is 6. The first-order valence-electron chi connectivity index (χ1n) is 9.83. The summed E-state index contributed by atoms with van der Waals surface area (Å²) in [4.78, 5) is 24.1. The second-order valence-corrected chi connectivity index (χ2v) is 7.33. The van der Waals surface area contributed by atoms with Gasteiger partial charge in [0.2, 0.25) is 11.8 Å². The Morgan fingerprint density at radius 1 is 1.20 bits per heavy atom. The fourth-order valence-electron chi connectivity index (χ4n) is 3.00. The number of ether oxygens (including phenoxy) is 2.